The van der Waals surface area contributed by atoms with E-state index in [1.54, 1.807) is 0 Å². The molecule has 2 aliphatic rings. The summed E-state index contributed by atoms with van der Waals surface area (Å²) in [7, 11) is 2.16. The molecule has 0 radical (unpaired) electrons. The van der Waals surface area contributed by atoms with Gasteiger partial charge in [-0.3, -0.25) is 4.79 Å². The van der Waals surface area contributed by atoms with Crippen molar-refractivity contribution in [3.63, 3.8) is 0 Å². The summed E-state index contributed by atoms with van der Waals surface area (Å²) in [5.74, 6) is 0.379. The van der Waals surface area contributed by atoms with Crippen LogP contribution in [0.4, 0.5) is 11.4 Å². The van der Waals surface area contributed by atoms with Crippen LogP contribution in [0.5, 0.6) is 0 Å². The van der Waals surface area contributed by atoms with Gasteiger partial charge in [0, 0.05) is 22.7 Å². The van der Waals surface area contributed by atoms with E-state index in [1.807, 2.05) is 30.3 Å². The minimum atomic E-state index is -0.102. The first kappa shape index (κ1) is 20.2. The molecule has 4 nitrogen and oxygen atoms in total. The number of halogens is 1. The maximum Gasteiger partial charge on any atom is 0.264 e. The molecule has 1 fully saturated rings. The van der Waals surface area contributed by atoms with E-state index in [1.165, 1.54) is 23.0 Å². The maximum absolute atomic E-state index is 12.4. The maximum atomic E-state index is 12.4. The molecule has 4 rings (SSSR count). The lowest BCUT2D eigenvalue weighted by Crippen LogP contribution is -2.45. The largest absolute Gasteiger partial charge is 0.369 e. The average molecular weight is 470 g/mol. The van der Waals surface area contributed by atoms with Crippen LogP contribution in [0.25, 0.3) is 6.08 Å². The summed E-state index contributed by atoms with van der Waals surface area (Å²) in [5.41, 5.74) is 4.62. The molecule has 0 aromatic heterocycles. The predicted octanol–water partition coefficient (Wildman–Crippen LogP) is 6.06. The van der Waals surface area contributed by atoms with Gasteiger partial charge in [-0.15, -0.1) is 0 Å². The lowest BCUT2D eigenvalue weighted by Gasteiger charge is -2.45. The number of hydrogen-bond acceptors (Lipinski definition) is 4. The number of amidine groups is 1. The SMILES string of the molecule is CC1CC(C)(C)N(C)c2ccc(/C=C3/SC(=Nc4ccc(Br)cc4)NC3=O)cc21. The van der Waals surface area contributed by atoms with Crippen LogP contribution in [0.1, 0.15) is 44.2 Å². The lowest BCUT2D eigenvalue weighted by atomic mass is 9.80. The van der Waals surface area contributed by atoms with Gasteiger partial charge in [0.15, 0.2) is 5.17 Å². The second-order valence-electron chi connectivity index (χ2n) is 8.25. The smallest absolute Gasteiger partial charge is 0.264 e. The Hall–Kier alpha value is -2.05. The third-order valence-corrected chi connectivity index (χ3v) is 7.10. The molecule has 0 bridgehead atoms. The van der Waals surface area contributed by atoms with Crippen molar-refractivity contribution < 1.29 is 4.79 Å². The number of nitrogens with one attached hydrogen (secondary N) is 1. The summed E-state index contributed by atoms with van der Waals surface area (Å²) < 4.78 is 1.00. The molecule has 0 saturated carbocycles. The van der Waals surface area contributed by atoms with E-state index in [0.717, 1.165) is 22.1 Å². The Balaban J connectivity index is 1.59. The molecular weight excluding hydrogens is 446 g/mol. The lowest BCUT2D eigenvalue weighted by molar-refractivity contribution is -0.115. The number of anilines is 1. The van der Waals surface area contributed by atoms with Crippen LogP contribution in [0.15, 0.2) is 56.8 Å². The number of rotatable bonds is 2. The monoisotopic (exact) mass is 469 g/mol. The Kier molecular flexibility index (Phi) is 5.34. The molecule has 2 heterocycles. The number of carbonyl (C=O) groups is 1. The van der Waals surface area contributed by atoms with E-state index in [2.05, 4.69) is 77.2 Å². The summed E-state index contributed by atoms with van der Waals surface area (Å²) >= 11 is 4.80. The second-order valence-corrected chi connectivity index (χ2v) is 10.2. The molecule has 1 unspecified atom stereocenters. The molecule has 0 spiro atoms. The van der Waals surface area contributed by atoms with Gasteiger partial charge in [-0.05, 0) is 91.5 Å². The highest BCUT2D eigenvalue weighted by Crippen LogP contribution is 2.43. The first-order valence-corrected chi connectivity index (χ1v) is 11.3. The van der Waals surface area contributed by atoms with Crippen molar-refractivity contribution in [3.05, 3.63) is 63.0 Å². The Morgan fingerprint density at radius 2 is 1.97 bits per heavy atom. The normalized spacial score (nSPS) is 23.4. The second kappa shape index (κ2) is 7.65. The molecule has 150 valence electrons. The van der Waals surface area contributed by atoms with Crippen molar-refractivity contribution >= 4 is 56.2 Å². The minimum Gasteiger partial charge on any atom is -0.369 e. The molecule has 0 aliphatic carbocycles. The zero-order chi connectivity index (χ0) is 20.8. The molecule has 2 aromatic rings. The van der Waals surface area contributed by atoms with Crippen molar-refractivity contribution in [2.24, 2.45) is 4.99 Å². The molecule has 6 heteroatoms. The molecule has 1 saturated heterocycles. The molecular formula is C23H24BrN3OS. The minimum absolute atomic E-state index is 0.102. The van der Waals surface area contributed by atoms with Gasteiger partial charge in [0.25, 0.3) is 5.91 Å². The van der Waals surface area contributed by atoms with Crippen LogP contribution in [0.2, 0.25) is 0 Å². The highest BCUT2D eigenvalue weighted by Gasteiger charge is 2.34. The number of fused-ring (bicyclic) bond motifs is 1. The fraction of sp³-hybridized carbons (Fsp3) is 0.304. The summed E-state index contributed by atoms with van der Waals surface area (Å²) in [6, 6.07) is 14.2. The third-order valence-electron chi connectivity index (χ3n) is 5.66. The predicted molar refractivity (Wildman–Crippen MR) is 127 cm³/mol. The number of benzene rings is 2. The number of aliphatic imine (C=N–C) groups is 1. The van der Waals surface area contributed by atoms with E-state index in [4.69, 9.17) is 0 Å². The van der Waals surface area contributed by atoms with Crippen LogP contribution in [-0.4, -0.2) is 23.7 Å². The number of nitrogens with zero attached hydrogens (tertiary/aromatic N) is 2. The third kappa shape index (κ3) is 4.14. The van der Waals surface area contributed by atoms with Crippen LogP contribution >= 0.6 is 27.7 Å². The summed E-state index contributed by atoms with van der Waals surface area (Å²) in [6.07, 6.45) is 3.06. The molecule has 2 aromatic carbocycles. The topological polar surface area (TPSA) is 44.7 Å². The van der Waals surface area contributed by atoms with E-state index in [9.17, 15) is 4.79 Å². The van der Waals surface area contributed by atoms with Gasteiger partial charge in [-0.25, -0.2) is 4.99 Å². The van der Waals surface area contributed by atoms with Crippen molar-refractivity contribution in [3.8, 4) is 0 Å². The van der Waals surface area contributed by atoms with Crippen molar-refractivity contribution in [1.82, 2.24) is 5.32 Å². The molecule has 2 aliphatic heterocycles. The molecule has 1 amide bonds. The standard InChI is InChI=1S/C23H24BrN3OS/c1-14-13-23(2,3)27(4)19-10-5-15(11-18(14)19)12-20-21(28)26-22(29-20)25-17-8-6-16(24)7-9-17/h5-12,14H,13H2,1-4H3,(H,25,26,28)/b20-12+. The van der Waals surface area contributed by atoms with Crippen molar-refractivity contribution in [2.75, 3.05) is 11.9 Å². The van der Waals surface area contributed by atoms with Crippen molar-refractivity contribution in [2.45, 2.75) is 38.6 Å². The zero-order valence-electron chi connectivity index (χ0n) is 17.0. The van der Waals surface area contributed by atoms with Gasteiger partial charge in [-0.2, -0.15) is 0 Å². The van der Waals surface area contributed by atoms with E-state index >= 15 is 0 Å². The fourth-order valence-electron chi connectivity index (χ4n) is 3.95. The van der Waals surface area contributed by atoms with Gasteiger partial charge >= 0.3 is 0 Å². The summed E-state index contributed by atoms with van der Waals surface area (Å²) in [6.45, 7) is 6.85. The number of amides is 1. The van der Waals surface area contributed by atoms with Gasteiger partial charge in [0.1, 0.15) is 0 Å². The van der Waals surface area contributed by atoms with Gasteiger partial charge in [-0.1, -0.05) is 28.9 Å². The summed E-state index contributed by atoms with van der Waals surface area (Å²) in [5, 5.41) is 3.47. The summed E-state index contributed by atoms with van der Waals surface area (Å²) in [4.78, 5) is 20.0. The Morgan fingerprint density at radius 3 is 2.69 bits per heavy atom. The molecule has 1 N–H and O–H groups in total. The van der Waals surface area contributed by atoms with Gasteiger partial charge in [0.2, 0.25) is 0 Å². The van der Waals surface area contributed by atoms with Crippen LogP contribution in [-0.2, 0) is 4.79 Å². The van der Waals surface area contributed by atoms with E-state index in [-0.39, 0.29) is 11.4 Å². The average Bonchev–Trinajstić information content (AvgIpc) is 3.00. The highest BCUT2D eigenvalue weighted by molar-refractivity contribution is 9.10. The van der Waals surface area contributed by atoms with E-state index in [0.29, 0.717) is 16.0 Å². The Morgan fingerprint density at radius 1 is 1.24 bits per heavy atom. The number of thioether (sulfide) groups is 1. The number of hydrogen-bond donors (Lipinski definition) is 1. The molecule has 29 heavy (non-hydrogen) atoms. The zero-order valence-corrected chi connectivity index (χ0v) is 19.4. The fourth-order valence-corrected chi connectivity index (χ4v) is 5.06. The Bertz CT molecular complexity index is 1030. The highest BCUT2D eigenvalue weighted by atomic mass is 79.9. The van der Waals surface area contributed by atoms with Crippen molar-refractivity contribution in [1.29, 1.82) is 0 Å². The first-order valence-electron chi connectivity index (χ1n) is 9.66. The molecule has 1 atom stereocenters. The van der Waals surface area contributed by atoms with Crippen LogP contribution in [0, 0.1) is 0 Å². The number of carbonyl (C=O) groups excluding carboxylic acids is 1. The first-order chi connectivity index (χ1) is 13.7. The van der Waals surface area contributed by atoms with Crippen LogP contribution < -0.4 is 10.2 Å². The Labute approximate surface area is 184 Å². The van der Waals surface area contributed by atoms with Crippen LogP contribution in [0.3, 0.4) is 0 Å². The van der Waals surface area contributed by atoms with E-state index < -0.39 is 0 Å². The van der Waals surface area contributed by atoms with Gasteiger partial charge < -0.3 is 10.2 Å². The van der Waals surface area contributed by atoms with Gasteiger partial charge in [0.05, 0.1) is 10.6 Å². The quantitative estimate of drug-likeness (QED) is 0.543.